The van der Waals surface area contributed by atoms with Gasteiger partial charge in [-0.05, 0) is 57.5 Å². The third kappa shape index (κ3) is 4.96. The summed E-state index contributed by atoms with van der Waals surface area (Å²) in [6.07, 6.45) is 6.86. The second-order valence-electron chi connectivity index (χ2n) is 6.33. The SMILES string of the molecule is CC1CCCC(C)N(C(=O)CC2CCNCC2)C1.Cl. The van der Waals surface area contributed by atoms with Gasteiger partial charge in [-0.15, -0.1) is 12.4 Å². The zero-order valence-electron chi connectivity index (χ0n) is 12.4. The Kier molecular flexibility index (Phi) is 7.16. The average molecular weight is 289 g/mol. The van der Waals surface area contributed by atoms with Crippen molar-refractivity contribution in [1.82, 2.24) is 10.2 Å². The molecule has 0 aliphatic carbocycles. The number of nitrogens with zero attached hydrogens (tertiary/aromatic N) is 1. The lowest BCUT2D eigenvalue weighted by Crippen LogP contribution is -2.41. The van der Waals surface area contributed by atoms with Crippen molar-refractivity contribution in [2.24, 2.45) is 11.8 Å². The Morgan fingerprint density at radius 3 is 2.53 bits per heavy atom. The smallest absolute Gasteiger partial charge is 0.223 e. The van der Waals surface area contributed by atoms with Crippen LogP contribution in [0.25, 0.3) is 0 Å². The van der Waals surface area contributed by atoms with Crippen molar-refractivity contribution in [3.63, 3.8) is 0 Å². The number of piperidine rings is 1. The zero-order valence-corrected chi connectivity index (χ0v) is 13.2. The van der Waals surface area contributed by atoms with Gasteiger partial charge in [0, 0.05) is 19.0 Å². The zero-order chi connectivity index (χ0) is 13.0. The van der Waals surface area contributed by atoms with Gasteiger partial charge in [-0.1, -0.05) is 13.3 Å². The predicted octanol–water partition coefficient (Wildman–Crippen LogP) is 2.84. The van der Waals surface area contributed by atoms with Gasteiger partial charge in [-0.2, -0.15) is 0 Å². The van der Waals surface area contributed by atoms with E-state index in [0.717, 1.165) is 26.1 Å². The minimum atomic E-state index is 0. The topological polar surface area (TPSA) is 32.3 Å². The molecule has 2 aliphatic rings. The van der Waals surface area contributed by atoms with E-state index in [1.165, 1.54) is 32.1 Å². The third-order valence-electron chi connectivity index (χ3n) is 4.60. The number of hydrogen-bond acceptors (Lipinski definition) is 2. The average Bonchev–Trinajstić information content (AvgIpc) is 2.52. The van der Waals surface area contributed by atoms with Crippen molar-refractivity contribution >= 4 is 18.3 Å². The molecule has 0 spiro atoms. The minimum absolute atomic E-state index is 0. The van der Waals surface area contributed by atoms with Gasteiger partial charge >= 0.3 is 0 Å². The second kappa shape index (κ2) is 8.11. The Labute approximate surface area is 123 Å². The molecule has 2 heterocycles. The van der Waals surface area contributed by atoms with Crippen molar-refractivity contribution < 1.29 is 4.79 Å². The highest BCUT2D eigenvalue weighted by atomic mass is 35.5. The molecule has 2 unspecified atom stereocenters. The van der Waals surface area contributed by atoms with Gasteiger partial charge < -0.3 is 10.2 Å². The third-order valence-corrected chi connectivity index (χ3v) is 4.60. The lowest BCUT2D eigenvalue weighted by Gasteiger charge is -2.31. The number of hydrogen-bond donors (Lipinski definition) is 1. The van der Waals surface area contributed by atoms with Gasteiger partial charge in [0.15, 0.2) is 0 Å². The molecular weight excluding hydrogens is 260 g/mol. The molecule has 0 bridgehead atoms. The van der Waals surface area contributed by atoms with E-state index in [4.69, 9.17) is 0 Å². The summed E-state index contributed by atoms with van der Waals surface area (Å²) in [6, 6.07) is 0.448. The Balaban J connectivity index is 0.00000180. The van der Waals surface area contributed by atoms with E-state index in [9.17, 15) is 4.79 Å². The molecule has 2 aliphatic heterocycles. The fourth-order valence-electron chi connectivity index (χ4n) is 3.32. The van der Waals surface area contributed by atoms with Crippen LogP contribution in [-0.2, 0) is 4.79 Å². The van der Waals surface area contributed by atoms with Crippen LogP contribution in [-0.4, -0.2) is 36.5 Å². The van der Waals surface area contributed by atoms with Gasteiger partial charge in [-0.25, -0.2) is 0 Å². The van der Waals surface area contributed by atoms with Gasteiger partial charge in [0.05, 0.1) is 0 Å². The van der Waals surface area contributed by atoms with Crippen LogP contribution in [0.2, 0.25) is 0 Å². The van der Waals surface area contributed by atoms with E-state index in [2.05, 4.69) is 24.1 Å². The number of halogens is 1. The van der Waals surface area contributed by atoms with Crippen molar-refractivity contribution in [2.45, 2.75) is 58.4 Å². The van der Waals surface area contributed by atoms with E-state index in [1.807, 2.05) is 0 Å². The predicted molar refractivity (Wildman–Crippen MR) is 81.6 cm³/mol. The summed E-state index contributed by atoms with van der Waals surface area (Å²) in [7, 11) is 0. The van der Waals surface area contributed by atoms with Crippen LogP contribution < -0.4 is 5.32 Å². The summed E-state index contributed by atoms with van der Waals surface area (Å²) in [4.78, 5) is 14.6. The molecule has 3 nitrogen and oxygen atoms in total. The Hall–Kier alpha value is -0.280. The molecule has 0 aromatic rings. The number of carbonyl (C=O) groups is 1. The van der Waals surface area contributed by atoms with Crippen molar-refractivity contribution in [2.75, 3.05) is 19.6 Å². The van der Waals surface area contributed by atoms with Crippen molar-refractivity contribution in [3.05, 3.63) is 0 Å². The summed E-state index contributed by atoms with van der Waals surface area (Å²) in [5, 5.41) is 3.37. The maximum Gasteiger partial charge on any atom is 0.223 e. The van der Waals surface area contributed by atoms with Crippen molar-refractivity contribution in [3.8, 4) is 0 Å². The summed E-state index contributed by atoms with van der Waals surface area (Å²) >= 11 is 0. The van der Waals surface area contributed by atoms with E-state index in [-0.39, 0.29) is 12.4 Å². The Morgan fingerprint density at radius 2 is 1.84 bits per heavy atom. The number of likely N-dealkylation sites (tertiary alicyclic amines) is 1. The molecule has 2 rings (SSSR count). The van der Waals surface area contributed by atoms with Crippen molar-refractivity contribution in [1.29, 1.82) is 0 Å². The number of amides is 1. The minimum Gasteiger partial charge on any atom is -0.340 e. The summed E-state index contributed by atoms with van der Waals surface area (Å²) in [6.45, 7) is 7.65. The normalized spacial score (nSPS) is 29.5. The standard InChI is InChI=1S/C15H28N2O.ClH/c1-12-4-3-5-13(2)17(11-12)15(18)10-14-6-8-16-9-7-14;/h12-14,16H,3-11H2,1-2H3;1H. The van der Waals surface area contributed by atoms with Gasteiger partial charge in [-0.3, -0.25) is 4.79 Å². The first-order chi connectivity index (χ1) is 8.66. The maximum absolute atomic E-state index is 12.5. The number of carbonyl (C=O) groups excluding carboxylic acids is 1. The molecule has 2 saturated heterocycles. The van der Waals surface area contributed by atoms with E-state index >= 15 is 0 Å². The van der Waals surface area contributed by atoms with Gasteiger partial charge in [0.25, 0.3) is 0 Å². The van der Waals surface area contributed by atoms with Gasteiger partial charge in [0.1, 0.15) is 0 Å². The van der Waals surface area contributed by atoms with E-state index in [1.54, 1.807) is 0 Å². The molecule has 1 amide bonds. The summed E-state index contributed by atoms with van der Waals surface area (Å²) < 4.78 is 0. The fraction of sp³-hybridized carbons (Fsp3) is 0.933. The van der Waals surface area contributed by atoms with Crippen LogP contribution in [0.4, 0.5) is 0 Å². The molecule has 2 atom stereocenters. The molecule has 4 heteroatoms. The lowest BCUT2D eigenvalue weighted by molar-refractivity contribution is -0.134. The first-order valence-corrected chi connectivity index (χ1v) is 7.67. The van der Waals surface area contributed by atoms with Crippen LogP contribution in [0.5, 0.6) is 0 Å². The highest BCUT2D eigenvalue weighted by molar-refractivity contribution is 5.85. The molecule has 0 aromatic carbocycles. The second-order valence-corrected chi connectivity index (χ2v) is 6.33. The van der Waals surface area contributed by atoms with Crippen LogP contribution in [0.3, 0.4) is 0 Å². The van der Waals surface area contributed by atoms with Crippen LogP contribution in [0.15, 0.2) is 0 Å². The summed E-state index contributed by atoms with van der Waals surface area (Å²) in [5.74, 6) is 1.69. The molecular formula is C15H29ClN2O. The molecule has 0 aromatic heterocycles. The van der Waals surface area contributed by atoms with Crippen LogP contribution in [0, 0.1) is 11.8 Å². The van der Waals surface area contributed by atoms with E-state index < -0.39 is 0 Å². The largest absolute Gasteiger partial charge is 0.340 e. The van der Waals surface area contributed by atoms with Crippen LogP contribution in [0.1, 0.15) is 52.4 Å². The molecule has 0 saturated carbocycles. The maximum atomic E-state index is 12.5. The molecule has 112 valence electrons. The lowest BCUT2D eigenvalue weighted by atomic mass is 9.93. The van der Waals surface area contributed by atoms with Gasteiger partial charge in [0.2, 0.25) is 5.91 Å². The number of rotatable bonds is 2. The molecule has 19 heavy (non-hydrogen) atoms. The molecule has 1 N–H and O–H groups in total. The number of nitrogens with one attached hydrogen (secondary N) is 1. The van der Waals surface area contributed by atoms with Crippen LogP contribution >= 0.6 is 12.4 Å². The fourth-order valence-corrected chi connectivity index (χ4v) is 3.32. The Bertz CT molecular complexity index is 279. The molecule has 0 radical (unpaired) electrons. The first-order valence-electron chi connectivity index (χ1n) is 7.67. The monoisotopic (exact) mass is 288 g/mol. The Morgan fingerprint density at radius 1 is 1.16 bits per heavy atom. The highest BCUT2D eigenvalue weighted by Gasteiger charge is 2.27. The first kappa shape index (κ1) is 16.8. The van der Waals surface area contributed by atoms with E-state index in [0.29, 0.717) is 23.8 Å². The molecule has 2 fully saturated rings. The highest BCUT2D eigenvalue weighted by Crippen LogP contribution is 2.24. The quantitative estimate of drug-likeness (QED) is 0.847. The summed E-state index contributed by atoms with van der Waals surface area (Å²) in [5.41, 5.74) is 0.